The van der Waals surface area contributed by atoms with Gasteiger partial charge < -0.3 is 9.84 Å². The van der Waals surface area contributed by atoms with Gasteiger partial charge in [0.2, 0.25) is 17.7 Å². The number of likely N-dealkylation sites (tertiary alicyclic amines) is 1. The molecular formula is C15H19N3O4. The van der Waals surface area contributed by atoms with Crippen molar-refractivity contribution in [1.82, 2.24) is 10.1 Å². The lowest BCUT2D eigenvalue weighted by molar-refractivity contribution is -0.140. The minimum Gasteiger partial charge on any atom is -0.360 e. The van der Waals surface area contributed by atoms with Crippen LogP contribution < -0.4 is 5.32 Å². The molecule has 7 heteroatoms. The number of nitrogens with one attached hydrogen (secondary N) is 1. The van der Waals surface area contributed by atoms with Crippen LogP contribution in [0.2, 0.25) is 0 Å². The first-order valence-corrected chi connectivity index (χ1v) is 7.64. The summed E-state index contributed by atoms with van der Waals surface area (Å²) < 4.78 is 4.86. The molecular weight excluding hydrogens is 286 g/mol. The number of imide groups is 1. The summed E-state index contributed by atoms with van der Waals surface area (Å²) in [6.45, 7) is 1.86. The maximum atomic E-state index is 12.3. The van der Waals surface area contributed by atoms with Gasteiger partial charge in [0.25, 0.3) is 0 Å². The van der Waals surface area contributed by atoms with Crippen LogP contribution in [0.5, 0.6) is 0 Å². The fourth-order valence-electron chi connectivity index (χ4n) is 3.30. The Labute approximate surface area is 128 Å². The van der Waals surface area contributed by atoms with E-state index in [1.54, 1.807) is 13.0 Å². The third-order valence-electron chi connectivity index (χ3n) is 4.39. The number of amides is 3. The molecule has 3 amide bonds. The summed E-state index contributed by atoms with van der Waals surface area (Å²) in [6, 6.07) is 1.61. The molecule has 2 heterocycles. The van der Waals surface area contributed by atoms with Crippen molar-refractivity contribution in [3.8, 4) is 0 Å². The summed E-state index contributed by atoms with van der Waals surface area (Å²) in [4.78, 5) is 37.7. The van der Waals surface area contributed by atoms with Gasteiger partial charge in [-0.3, -0.25) is 19.3 Å². The zero-order valence-corrected chi connectivity index (χ0v) is 12.5. The average molecular weight is 305 g/mol. The van der Waals surface area contributed by atoms with Gasteiger partial charge in [-0.1, -0.05) is 18.0 Å². The zero-order valence-electron chi connectivity index (χ0n) is 12.5. The van der Waals surface area contributed by atoms with E-state index >= 15 is 0 Å². The Bertz CT molecular complexity index is 586. The molecule has 1 aliphatic carbocycles. The van der Waals surface area contributed by atoms with Gasteiger partial charge in [0, 0.05) is 19.0 Å². The molecule has 1 aromatic rings. The van der Waals surface area contributed by atoms with E-state index in [2.05, 4.69) is 10.5 Å². The first-order valence-electron chi connectivity index (χ1n) is 7.64. The Morgan fingerprint density at radius 1 is 1.32 bits per heavy atom. The van der Waals surface area contributed by atoms with Crippen LogP contribution in [0, 0.1) is 18.8 Å². The highest BCUT2D eigenvalue weighted by atomic mass is 16.5. The lowest BCUT2D eigenvalue weighted by Gasteiger charge is -2.19. The number of hydrogen-bond donors (Lipinski definition) is 1. The number of carbonyl (C=O) groups excluding carboxylic acids is 3. The molecule has 2 fully saturated rings. The van der Waals surface area contributed by atoms with Gasteiger partial charge in [-0.25, -0.2) is 0 Å². The molecule has 2 aliphatic rings. The molecule has 2 atom stereocenters. The molecule has 3 rings (SSSR count). The smallest absolute Gasteiger partial charge is 0.233 e. The van der Waals surface area contributed by atoms with Crippen molar-refractivity contribution in [1.29, 1.82) is 0 Å². The van der Waals surface area contributed by atoms with E-state index in [1.165, 1.54) is 4.90 Å². The number of hydrogen-bond acceptors (Lipinski definition) is 5. The van der Waals surface area contributed by atoms with Crippen molar-refractivity contribution in [3.05, 3.63) is 11.8 Å². The third kappa shape index (κ3) is 2.75. The predicted octanol–water partition coefficient (Wildman–Crippen LogP) is 1.49. The second kappa shape index (κ2) is 5.90. The van der Waals surface area contributed by atoms with Crippen molar-refractivity contribution in [2.24, 2.45) is 11.8 Å². The fraction of sp³-hybridized carbons (Fsp3) is 0.600. The maximum absolute atomic E-state index is 12.3. The molecule has 0 bridgehead atoms. The van der Waals surface area contributed by atoms with Crippen molar-refractivity contribution in [2.45, 2.75) is 39.0 Å². The molecule has 7 nitrogen and oxygen atoms in total. The molecule has 22 heavy (non-hydrogen) atoms. The van der Waals surface area contributed by atoms with Crippen LogP contribution in [0.15, 0.2) is 10.6 Å². The van der Waals surface area contributed by atoms with Gasteiger partial charge in [-0.15, -0.1) is 0 Å². The first kappa shape index (κ1) is 14.7. The topological polar surface area (TPSA) is 92.5 Å². The lowest BCUT2D eigenvalue weighted by Crippen LogP contribution is -2.34. The molecule has 2 unspecified atom stereocenters. The van der Waals surface area contributed by atoms with Crippen LogP contribution in [0.3, 0.4) is 0 Å². The molecule has 118 valence electrons. The van der Waals surface area contributed by atoms with E-state index in [-0.39, 0.29) is 42.5 Å². The summed E-state index contributed by atoms with van der Waals surface area (Å²) in [5, 5.41) is 6.26. The minimum atomic E-state index is -0.288. The van der Waals surface area contributed by atoms with E-state index in [0.29, 0.717) is 11.6 Å². The predicted molar refractivity (Wildman–Crippen MR) is 76.7 cm³/mol. The molecule has 1 aromatic heterocycles. The van der Waals surface area contributed by atoms with Gasteiger partial charge >= 0.3 is 0 Å². The summed E-state index contributed by atoms with van der Waals surface area (Å²) in [6.07, 6.45) is 3.65. The number of aryl methyl sites for hydroxylation is 1. The molecule has 0 radical (unpaired) electrons. The summed E-state index contributed by atoms with van der Waals surface area (Å²) in [7, 11) is 0. The highest BCUT2D eigenvalue weighted by Crippen LogP contribution is 2.37. The molecule has 0 spiro atoms. The van der Waals surface area contributed by atoms with Crippen LogP contribution in [0.4, 0.5) is 5.82 Å². The number of nitrogens with zero attached hydrogens (tertiary/aromatic N) is 2. The highest BCUT2D eigenvalue weighted by molar-refractivity contribution is 6.05. The fourth-order valence-corrected chi connectivity index (χ4v) is 3.30. The van der Waals surface area contributed by atoms with Crippen molar-refractivity contribution in [2.75, 3.05) is 11.9 Å². The maximum Gasteiger partial charge on any atom is 0.233 e. The first-order chi connectivity index (χ1) is 10.6. The van der Waals surface area contributed by atoms with Crippen LogP contribution in [0.1, 0.15) is 37.9 Å². The van der Waals surface area contributed by atoms with Crippen LogP contribution >= 0.6 is 0 Å². The van der Waals surface area contributed by atoms with Crippen molar-refractivity contribution in [3.63, 3.8) is 0 Å². The SMILES string of the molecule is Cc1cc(NC(=O)CCN2C(=O)C3CCCCC3C2=O)no1. The normalized spacial score (nSPS) is 24.5. The summed E-state index contributed by atoms with van der Waals surface area (Å²) in [5.74, 6) is 0.104. The molecule has 1 saturated carbocycles. The second-order valence-electron chi connectivity index (χ2n) is 5.95. The Balaban J connectivity index is 1.55. The summed E-state index contributed by atoms with van der Waals surface area (Å²) in [5.41, 5.74) is 0. The molecule has 1 saturated heterocycles. The van der Waals surface area contributed by atoms with Gasteiger partial charge in [-0.2, -0.15) is 0 Å². The van der Waals surface area contributed by atoms with E-state index in [9.17, 15) is 14.4 Å². The van der Waals surface area contributed by atoms with E-state index < -0.39 is 0 Å². The van der Waals surface area contributed by atoms with Crippen molar-refractivity contribution < 1.29 is 18.9 Å². The number of rotatable bonds is 4. The van der Waals surface area contributed by atoms with Gasteiger partial charge in [0.05, 0.1) is 11.8 Å². The Morgan fingerprint density at radius 3 is 2.50 bits per heavy atom. The number of fused-ring (bicyclic) bond motifs is 1. The molecule has 1 N–H and O–H groups in total. The van der Waals surface area contributed by atoms with E-state index in [1.807, 2.05) is 0 Å². The minimum absolute atomic E-state index is 0.0722. The number of carbonyl (C=O) groups is 3. The molecule has 1 aliphatic heterocycles. The lowest BCUT2D eigenvalue weighted by atomic mass is 9.81. The standard InChI is InChI=1S/C15H19N3O4/c1-9-8-12(17-22-9)16-13(19)6-7-18-14(20)10-4-2-3-5-11(10)15(18)21/h8,10-11H,2-7H2,1H3,(H,16,17,19). The van der Waals surface area contributed by atoms with Gasteiger partial charge in [0.1, 0.15) is 5.76 Å². The van der Waals surface area contributed by atoms with Crippen LogP contribution in [-0.4, -0.2) is 34.3 Å². The van der Waals surface area contributed by atoms with E-state index in [0.717, 1.165) is 25.7 Å². The van der Waals surface area contributed by atoms with Gasteiger partial charge in [-0.05, 0) is 19.8 Å². The quantitative estimate of drug-likeness (QED) is 0.851. The van der Waals surface area contributed by atoms with Crippen LogP contribution in [0.25, 0.3) is 0 Å². The zero-order chi connectivity index (χ0) is 15.7. The molecule has 0 aromatic carbocycles. The summed E-state index contributed by atoms with van der Waals surface area (Å²) >= 11 is 0. The Kier molecular flexibility index (Phi) is 3.96. The third-order valence-corrected chi connectivity index (χ3v) is 4.39. The van der Waals surface area contributed by atoms with Crippen LogP contribution in [-0.2, 0) is 14.4 Å². The number of anilines is 1. The average Bonchev–Trinajstić information content (AvgIpc) is 3.01. The largest absolute Gasteiger partial charge is 0.360 e. The Morgan fingerprint density at radius 2 is 1.95 bits per heavy atom. The second-order valence-corrected chi connectivity index (χ2v) is 5.95. The van der Waals surface area contributed by atoms with E-state index in [4.69, 9.17) is 4.52 Å². The monoisotopic (exact) mass is 305 g/mol. The number of aromatic nitrogens is 1. The van der Waals surface area contributed by atoms with Gasteiger partial charge in [0.15, 0.2) is 5.82 Å². The Hall–Kier alpha value is -2.18. The van der Waals surface area contributed by atoms with Crippen molar-refractivity contribution >= 4 is 23.5 Å². The highest BCUT2D eigenvalue weighted by Gasteiger charge is 2.47.